The van der Waals surface area contributed by atoms with Crippen molar-refractivity contribution < 1.29 is 4.79 Å². The van der Waals surface area contributed by atoms with Crippen LogP contribution in [0, 0.1) is 35.5 Å². The van der Waals surface area contributed by atoms with E-state index in [0.717, 1.165) is 23.7 Å². The highest BCUT2D eigenvalue weighted by atomic mass is 16.1. The summed E-state index contributed by atoms with van der Waals surface area (Å²) in [6.07, 6.45) is 4.13. The summed E-state index contributed by atoms with van der Waals surface area (Å²) in [5.74, 6) is 5.44. The standard InChI is InChI=1S/C10H12O/c11-10-7-3-6-4-1-2-5(7)8(4)9(6)10/h4-9H,1-3H2/t4-,5+,6+,7-,8+,9-/m0/s1. The summed E-state index contributed by atoms with van der Waals surface area (Å²) >= 11 is 0. The first-order valence-electron chi connectivity index (χ1n) is 4.91. The minimum Gasteiger partial charge on any atom is -0.299 e. The molecule has 0 aromatic rings. The molecule has 4 aliphatic carbocycles. The van der Waals surface area contributed by atoms with Gasteiger partial charge in [0.15, 0.2) is 0 Å². The van der Waals surface area contributed by atoms with Gasteiger partial charge in [-0.15, -0.1) is 0 Å². The molecule has 6 atom stereocenters. The molecule has 0 radical (unpaired) electrons. The second-order valence-corrected chi connectivity index (χ2v) is 4.92. The molecule has 4 rings (SSSR count). The Morgan fingerprint density at radius 3 is 2.64 bits per heavy atom. The van der Waals surface area contributed by atoms with Gasteiger partial charge in [-0.05, 0) is 42.9 Å². The first kappa shape index (κ1) is 5.34. The number of Topliss-reactive ketones (excluding diaryl/α,β-unsaturated/α-hetero) is 1. The van der Waals surface area contributed by atoms with Gasteiger partial charge in [-0.3, -0.25) is 4.79 Å². The van der Waals surface area contributed by atoms with E-state index in [4.69, 9.17) is 0 Å². The van der Waals surface area contributed by atoms with Crippen LogP contribution in [0.25, 0.3) is 0 Å². The van der Waals surface area contributed by atoms with Crippen LogP contribution < -0.4 is 0 Å². The summed E-state index contributed by atoms with van der Waals surface area (Å²) in [6, 6.07) is 0. The molecular weight excluding hydrogens is 136 g/mol. The minimum atomic E-state index is 0.550. The van der Waals surface area contributed by atoms with Gasteiger partial charge in [-0.1, -0.05) is 0 Å². The zero-order valence-electron chi connectivity index (χ0n) is 6.49. The maximum Gasteiger partial charge on any atom is 0.139 e. The number of carbonyl (C=O) groups is 1. The summed E-state index contributed by atoms with van der Waals surface area (Å²) in [7, 11) is 0. The van der Waals surface area contributed by atoms with Crippen LogP contribution in [0.2, 0.25) is 0 Å². The van der Waals surface area contributed by atoms with Crippen molar-refractivity contribution in [1.82, 2.24) is 0 Å². The molecule has 1 nitrogen and oxygen atoms in total. The molecule has 4 aliphatic rings. The van der Waals surface area contributed by atoms with E-state index < -0.39 is 0 Å². The topological polar surface area (TPSA) is 17.1 Å². The van der Waals surface area contributed by atoms with Crippen molar-refractivity contribution in [2.75, 3.05) is 0 Å². The minimum absolute atomic E-state index is 0.550. The lowest BCUT2D eigenvalue weighted by molar-refractivity contribution is -0.125. The van der Waals surface area contributed by atoms with E-state index in [9.17, 15) is 4.79 Å². The highest BCUT2D eigenvalue weighted by Crippen LogP contribution is 2.72. The second-order valence-electron chi connectivity index (χ2n) is 4.92. The van der Waals surface area contributed by atoms with Gasteiger partial charge in [-0.2, -0.15) is 0 Å². The molecule has 0 aromatic heterocycles. The molecular formula is C10H12O. The summed E-state index contributed by atoms with van der Waals surface area (Å²) in [4.78, 5) is 11.6. The van der Waals surface area contributed by atoms with Gasteiger partial charge in [0.1, 0.15) is 5.78 Å². The van der Waals surface area contributed by atoms with Gasteiger partial charge in [0.05, 0.1) is 0 Å². The summed E-state index contributed by atoms with van der Waals surface area (Å²) in [5.41, 5.74) is 0. The Kier molecular flexibility index (Phi) is 0.630. The van der Waals surface area contributed by atoms with Crippen molar-refractivity contribution >= 4 is 5.78 Å². The molecule has 0 saturated heterocycles. The monoisotopic (exact) mass is 148 g/mol. The third-order valence-electron chi connectivity index (χ3n) is 4.98. The van der Waals surface area contributed by atoms with Crippen LogP contribution in [0.3, 0.4) is 0 Å². The van der Waals surface area contributed by atoms with Gasteiger partial charge >= 0.3 is 0 Å². The molecule has 0 spiro atoms. The predicted octanol–water partition coefficient (Wildman–Crippen LogP) is 1.48. The van der Waals surface area contributed by atoms with Gasteiger partial charge in [0, 0.05) is 11.8 Å². The Morgan fingerprint density at radius 1 is 1.09 bits per heavy atom. The van der Waals surface area contributed by atoms with Gasteiger partial charge in [0.2, 0.25) is 0 Å². The molecule has 4 fully saturated rings. The van der Waals surface area contributed by atoms with E-state index >= 15 is 0 Å². The first-order chi connectivity index (χ1) is 5.38. The fourth-order valence-corrected chi connectivity index (χ4v) is 4.76. The molecule has 0 aromatic carbocycles. The molecule has 0 heterocycles. The lowest BCUT2D eigenvalue weighted by atomic mass is 9.56. The fourth-order valence-electron chi connectivity index (χ4n) is 4.76. The molecule has 11 heavy (non-hydrogen) atoms. The van der Waals surface area contributed by atoms with E-state index in [1.807, 2.05) is 0 Å². The van der Waals surface area contributed by atoms with Crippen molar-refractivity contribution in [3.63, 3.8) is 0 Å². The SMILES string of the molecule is O=C1[C@H]2[C@@H]3C[C@H]1[C@H]1CC[C@@H]3[C@H]12. The van der Waals surface area contributed by atoms with Crippen molar-refractivity contribution in [3.05, 3.63) is 0 Å². The van der Waals surface area contributed by atoms with Gasteiger partial charge in [-0.25, -0.2) is 0 Å². The second kappa shape index (κ2) is 1.30. The van der Waals surface area contributed by atoms with Crippen LogP contribution in [-0.4, -0.2) is 5.78 Å². The molecule has 2 bridgehead atoms. The molecule has 4 saturated carbocycles. The third kappa shape index (κ3) is 0.344. The van der Waals surface area contributed by atoms with Crippen molar-refractivity contribution in [1.29, 1.82) is 0 Å². The number of ketones is 1. The largest absolute Gasteiger partial charge is 0.299 e. The van der Waals surface area contributed by atoms with Crippen molar-refractivity contribution in [3.8, 4) is 0 Å². The Balaban J connectivity index is 1.94. The smallest absolute Gasteiger partial charge is 0.139 e. The Bertz CT molecular complexity index is 250. The number of fused-ring (bicyclic) bond motifs is 3. The zero-order chi connectivity index (χ0) is 7.16. The molecule has 0 aliphatic heterocycles. The Hall–Kier alpha value is -0.330. The lowest BCUT2D eigenvalue weighted by Gasteiger charge is -2.47. The first-order valence-corrected chi connectivity index (χ1v) is 4.91. The van der Waals surface area contributed by atoms with E-state index in [-0.39, 0.29) is 0 Å². The summed E-state index contributed by atoms with van der Waals surface area (Å²) in [6.45, 7) is 0. The molecule has 0 amide bonds. The van der Waals surface area contributed by atoms with Crippen LogP contribution in [-0.2, 0) is 4.79 Å². The number of hydrogen-bond donors (Lipinski definition) is 0. The molecule has 1 heteroatoms. The van der Waals surface area contributed by atoms with Crippen LogP contribution in [0.4, 0.5) is 0 Å². The normalized spacial score (nSPS) is 68.9. The fraction of sp³-hybridized carbons (Fsp3) is 0.900. The molecule has 58 valence electrons. The zero-order valence-corrected chi connectivity index (χ0v) is 6.49. The van der Waals surface area contributed by atoms with E-state index in [2.05, 4.69) is 0 Å². The molecule has 0 N–H and O–H groups in total. The van der Waals surface area contributed by atoms with Crippen LogP contribution in [0.5, 0.6) is 0 Å². The summed E-state index contributed by atoms with van der Waals surface area (Å²) in [5, 5.41) is 0. The predicted molar refractivity (Wildman–Crippen MR) is 39.8 cm³/mol. The van der Waals surface area contributed by atoms with E-state index in [1.54, 1.807) is 0 Å². The highest BCUT2D eigenvalue weighted by molar-refractivity contribution is 5.90. The van der Waals surface area contributed by atoms with Gasteiger partial charge < -0.3 is 0 Å². The van der Waals surface area contributed by atoms with E-state index in [0.29, 0.717) is 17.6 Å². The lowest BCUT2D eigenvalue weighted by Crippen LogP contribution is -2.44. The van der Waals surface area contributed by atoms with Crippen molar-refractivity contribution in [2.24, 2.45) is 35.5 Å². The summed E-state index contributed by atoms with van der Waals surface area (Å²) < 4.78 is 0. The Labute approximate surface area is 66.2 Å². The quantitative estimate of drug-likeness (QED) is 0.508. The number of rotatable bonds is 0. The number of carbonyl (C=O) groups excluding carboxylic acids is 1. The molecule has 0 unspecified atom stereocenters. The maximum absolute atomic E-state index is 11.6. The van der Waals surface area contributed by atoms with E-state index in [1.165, 1.54) is 19.3 Å². The van der Waals surface area contributed by atoms with Crippen LogP contribution >= 0.6 is 0 Å². The number of hydrogen-bond acceptors (Lipinski definition) is 1. The van der Waals surface area contributed by atoms with Crippen molar-refractivity contribution in [2.45, 2.75) is 19.3 Å². The van der Waals surface area contributed by atoms with Crippen LogP contribution in [0.1, 0.15) is 19.3 Å². The average Bonchev–Trinajstić information content (AvgIpc) is 2.45. The average molecular weight is 148 g/mol. The third-order valence-corrected chi connectivity index (χ3v) is 4.98. The van der Waals surface area contributed by atoms with Crippen LogP contribution in [0.15, 0.2) is 0 Å². The Morgan fingerprint density at radius 2 is 1.91 bits per heavy atom. The maximum atomic E-state index is 11.6. The van der Waals surface area contributed by atoms with Gasteiger partial charge in [0.25, 0.3) is 0 Å². The highest BCUT2D eigenvalue weighted by Gasteiger charge is 2.72.